The number of hydrogen-bond acceptors (Lipinski definition) is 4. The molecule has 2 N–H and O–H groups in total. The topological polar surface area (TPSA) is 86.7 Å². The third-order valence-electron chi connectivity index (χ3n) is 4.83. The summed E-state index contributed by atoms with van der Waals surface area (Å²) in [7, 11) is -3.88. The number of hydrogen-bond donors (Lipinski definition) is 2. The number of nitrogens with one attached hydrogen (secondary N) is 1. The third kappa shape index (κ3) is 5.11. The van der Waals surface area contributed by atoms with Crippen molar-refractivity contribution in [2.24, 2.45) is 5.92 Å². The molecule has 0 spiro atoms. The molecule has 1 fully saturated rings. The number of nitrogens with zero attached hydrogens (tertiary/aromatic N) is 1. The minimum absolute atomic E-state index is 0.0125. The van der Waals surface area contributed by atoms with Crippen molar-refractivity contribution in [3.05, 3.63) is 65.2 Å². The highest BCUT2D eigenvalue weighted by Crippen LogP contribution is 2.26. The summed E-state index contributed by atoms with van der Waals surface area (Å²) in [6, 6.07) is 15.0. The molecule has 2 aromatic carbocycles. The second-order valence-corrected chi connectivity index (χ2v) is 9.37. The Labute approximate surface area is 170 Å². The number of aliphatic hydroxyl groups is 1. The zero-order valence-electron chi connectivity index (χ0n) is 15.3. The van der Waals surface area contributed by atoms with Gasteiger partial charge in [-0.3, -0.25) is 4.79 Å². The van der Waals surface area contributed by atoms with E-state index in [9.17, 15) is 13.2 Å². The Hall–Kier alpha value is -1.93. The molecule has 0 bridgehead atoms. The van der Waals surface area contributed by atoms with Crippen molar-refractivity contribution in [1.29, 1.82) is 0 Å². The standard InChI is InChI=1S/C20H23ClN2O4S/c21-17-6-8-19(9-7-17)28(26,27)23(12-15-4-2-1-3-5-15)13-20(25)22-18-10-16(11-18)14-24/h1-9,16,18,24H,10-14H2,(H,22,25). The maximum Gasteiger partial charge on any atom is 0.243 e. The normalized spacial score (nSPS) is 19.2. The first kappa shape index (κ1) is 20.8. The largest absolute Gasteiger partial charge is 0.396 e. The molecular formula is C20H23ClN2O4S. The molecule has 1 aliphatic carbocycles. The van der Waals surface area contributed by atoms with Crippen molar-refractivity contribution in [3.8, 4) is 0 Å². The molecule has 1 saturated carbocycles. The monoisotopic (exact) mass is 422 g/mol. The van der Waals surface area contributed by atoms with Gasteiger partial charge in [-0.2, -0.15) is 4.31 Å². The number of sulfonamides is 1. The Bertz CT molecular complexity index is 898. The van der Waals surface area contributed by atoms with E-state index in [2.05, 4.69) is 5.32 Å². The number of benzene rings is 2. The van der Waals surface area contributed by atoms with E-state index in [0.29, 0.717) is 17.9 Å². The Morgan fingerprint density at radius 1 is 1.11 bits per heavy atom. The minimum Gasteiger partial charge on any atom is -0.396 e. The molecular weight excluding hydrogens is 400 g/mol. The van der Waals surface area contributed by atoms with Crippen molar-refractivity contribution < 1.29 is 18.3 Å². The summed E-state index contributed by atoms with van der Waals surface area (Å²) in [5, 5.41) is 12.4. The fourth-order valence-corrected chi connectivity index (χ4v) is 4.72. The van der Waals surface area contributed by atoms with Crippen LogP contribution >= 0.6 is 11.6 Å². The van der Waals surface area contributed by atoms with Crippen LogP contribution in [-0.4, -0.2) is 42.9 Å². The fraction of sp³-hybridized carbons (Fsp3) is 0.350. The number of rotatable bonds is 8. The first-order chi connectivity index (χ1) is 13.4. The molecule has 3 rings (SSSR count). The van der Waals surface area contributed by atoms with Crippen molar-refractivity contribution in [2.45, 2.75) is 30.3 Å². The highest BCUT2D eigenvalue weighted by molar-refractivity contribution is 7.89. The van der Waals surface area contributed by atoms with Crippen LogP contribution in [0.15, 0.2) is 59.5 Å². The summed E-state index contributed by atoms with van der Waals surface area (Å²) < 4.78 is 27.4. The lowest BCUT2D eigenvalue weighted by atomic mass is 9.81. The van der Waals surface area contributed by atoms with Gasteiger partial charge in [0.25, 0.3) is 0 Å². The number of amides is 1. The van der Waals surface area contributed by atoms with Crippen LogP contribution in [0.2, 0.25) is 5.02 Å². The van der Waals surface area contributed by atoms with Crippen molar-refractivity contribution in [1.82, 2.24) is 9.62 Å². The smallest absolute Gasteiger partial charge is 0.243 e. The molecule has 8 heteroatoms. The summed E-state index contributed by atoms with van der Waals surface area (Å²) >= 11 is 5.87. The van der Waals surface area contributed by atoms with Crippen LogP contribution in [0.5, 0.6) is 0 Å². The minimum atomic E-state index is -3.88. The summed E-state index contributed by atoms with van der Waals surface area (Å²) in [5.74, 6) is -0.140. The van der Waals surface area contributed by atoms with Gasteiger partial charge in [-0.1, -0.05) is 41.9 Å². The number of carbonyl (C=O) groups excluding carboxylic acids is 1. The van der Waals surface area contributed by atoms with Crippen molar-refractivity contribution in [2.75, 3.05) is 13.2 Å². The van der Waals surface area contributed by atoms with Gasteiger partial charge in [0.05, 0.1) is 11.4 Å². The molecule has 6 nitrogen and oxygen atoms in total. The maximum atomic E-state index is 13.1. The first-order valence-electron chi connectivity index (χ1n) is 9.08. The van der Waals surface area contributed by atoms with Gasteiger partial charge in [-0.15, -0.1) is 0 Å². The molecule has 1 aliphatic rings. The molecule has 0 unspecified atom stereocenters. The van der Waals surface area contributed by atoms with Crippen LogP contribution in [0, 0.1) is 5.92 Å². The molecule has 0 heterocycles. The van der Waals surface area contributed by atoms with Gasteiger partial charge in [-0.05, 0) is 48.6 Å². The van der Waals surface area contributed by atoms with Crippen LogP contribution in [-0.2, 0) is 21.4 Å². The van der Waals surface area contributed by atoms with Gasteiger partial charge < -0.3 is 10.4 Å². The number of carbonyl (C=O) groups is 1. The van der Waals surface area contributed by atoms with Crippen LogP contribution in [0.3, 0.4) is 0 Å². The zero-order valence-corrected chi connectivity index (χ0v) is 16.9. The second-order valence-electron chi connectivity index (χ2n) is 7.00. The van der Waals surface area contributed by atoms with E-state index in [0.717, 1.165) is 5.56 Å². The first-order valence-corrected chi connectivity index (χ1v) is 10.9. The molecule has 0 aromatic heterocycles. The quantitative estimate of drug-likeness (QED) is 0.684. The van der Waals surface area contributed by atoms with Gasteiger partial charge in [-0.25, -0.2) is 8.42 Å². The molecule has 0 aliphatic heterocycles. The predicted molar refractivity (Wildman–Crippen MR) is 107 cm³/mol. The molecule has 1 amide bonds. The Kier molecular flexibility index (Phi) is 6.72. The highest BCUT2D eigenvalue weighted by atomic mass is 35.5. The van der Waals surface area contributed by atoms with E-state index in [1.165, 1.54) is 28.6 Å². The zero-order chi connectivity index (χ0) is 20.1. The second kappa shape index (κ2) is 9.05. The van der Waals surface area contributed by atoms with E-state index in [4.69, 9.17) is 16.7 Å². The Morgan fingerprint density at radius 3 is 2.36 bits per heavy atom. The molecule has 0 saturated heterocycles. The Morgan fingerprint density at radius 2 is 1.75 bits per heavy atom. The molecule has 0 radical (unpaired) electrons. The fourth-order valence-electron chi connectivity index (χ4n) is 3.20. The van der Waals surface area contributed by atoms with Crippen molar-refractivity contribution in [3.63, 3.8) is 0 Å². The lowest BCUT2D eigenvalue weighted by Gasteiger charge is -2.35. The lowest BCUT2D eigenvalue weighted by molar-refractivity contribution is -0.123. The van der Waals surface area contributed by atoms with Gasteiger partial charge in [0, 0.05) is 24.2 Å². The van der Waals surface area contributed by atoms with E-state index < -0.39 is 10.0 Å². The Balaban J connectivity index is 1.76. The maximum absolute atomic E-state index is 13.1. The van der Waals surface area contributed by atoms with Crippen molar-refractivity contribution >= 4 is 27.5 Å². The molecule has 28 heavy (non-hydrogen) atoms. The van der Waals surface area contributed by atoms with E-state index >= 15 is 0 Å². The molecule has 0 atom stereocenters. The highest BCUT2D eigenvalue weighted by Gasteiger charge is 2.32. The third-order valence-corrected chi connectivity index (χ3v) is 6.89. The SMILES string of the molecule is O=C(CN(Cc1ccccc1)S(=O)(=O)c1ccc(Cl)cc1)NC1CC(CO)C1. The van der Waals surface area contributed by atoms with Gasteiger partial charge in [0.2, 0.25) is 15.9 Å². The number of aliphatic hydroxyl groups excluding tert-OH is 1. The predicted octanol–water partition coefficient (Wildman–Crippen LogP) is 2.42. The van der Waals surface area contributed by atoms with E-state index in [1.807, 2.05) is 30.3 Å². The van der Waals surface area contributed by atoms with Crippen LogP contribution in [0.4, 0.5) is 0 Å². The summed E-state index contributed by atoms with van der Waals surface area (Å²) in [6.07, 6.45) is 1.43. The van der Waals surface area contributed by atoms with Crippen LogP contribution in [0.25, 0.3) is 0 Å². The number of halogens is 1. The average molecular weight is 423 g/mol. The molecule has 2 aromatic rings. The van der Waals surface area contributed by atoms with E-state index in [1.54, 1.807) is 0 Å². The van der Waals surface area contributed by atoms with Crippen LogP contribution in [0.1, 0.15) is 18.4 Å². The van der Waals surface area contributed by atoms with Gasteiger partial charge in [0.1, 0.15) is 0 Å². The molecule has 150 valence electrons. The summed E-state index contributed by atoms with van der Waals surface area (Å²) in [5.41, 5.74) is 0.789. The average Bonchev–Trinajstić information content (AvgIpc) is 2.65. The summed E-state index contributed by atoms with van der Waals surface area (Å²) in [6.45, 7) is -0.0826. The van der Waals surface area contributed by atoms with E-state index in [-0.39, 0.29) is 42.5 Å². The van der Waals surface area contributed by atoms with Gasteiger partial charge >= 0.3 is 0 Å². The van der Waals surface area contributed by atoms with Gasteiger partial charge in [0.15, 0.2) is 0 Å². The van der Waals surface area contributed by atoms with Crippen LogP contribution < -0.4 is 5.32 Å². The summed E-state index contributed by atoms with van der Waals surface area (Å²) in [4.78, 5) is 12.6. The lowest BCUT2D eigenvalue weighted by Crippen LogP contribution is -2.49.